The van der Waals surface area contributed by atoms with Gasteiger partial charge in [-0.2, -0.15) is 4.98 Å². The highest BCUT2D eigenvalue weighted by molar-refractivity contribution is 5.30. The van der Waals surface area contributed by atoms with Crippen molar-refractivity contribution >= 4 is 5.95 Å². The molecule has 76 valence electrons. The molecule has 2 rings (SSSR count). The van der Waals surface area contributed by atoms with Gasteiger partial charge >= 0.3 is 0 Å². The SMILES string of the molecule is C=CCc1nc(N2CCCC2)nn1C. The Kier molecular flexibility index (Phi) is 2.52. The zero-order chi connectivity index (χ0) is 9.97. The third-order valence-corrected chi connectivity index (χ3v) is 2.56. The van der Waals surface area contributed by atoms with Crippen LogP contribution in [0.1, 0.15) is 18.7 Å². The van der Waals surface area contributed by atoms with E-state index in [2.05, 4.69) is 21.6 Å². The topological polar surface area (TPSA) is 34.0 Å². The minimum atomic E-state index is 0.789. The molecule has 1 aromatic heterocycles. The quantitative estimate of drug-likeness (QED) is 0.673. The molecule has 0 amide bonds. The third kappa shape index (κ3) is 1.64. The van der Waals surface area contributed by atoms with Gasteiger partial charge in [0.1, 0.15) is 5.82 Å². The van der Waals surface area contributed by atoms with Crippen molar-refractivity contribution in [1.82, 2.24) is 14.8 Å². The highest BCUT2D eigenvalue weighted by Gasteiger charge is 2.17. The van der Waals surface area contributed by atoms with Crippen LogP contribution in [0.25, 0.3) is 0 Å². The molecule has 2 heterocycles. The largest absolute Gasteiger partial charge is 0.340 e. The van der Waals surface area contributed by atoms with Gasteiger partial charge in [-0.25, -0.2) is 0 Å². The number of hydrogen-bond donors (Lipinski definition) is 0. The summed E-state index contributed by atoms with van der Waals surface area (Å²) in [6, 6.07) is 0. The van der Waals surface area contributed by atoms with Crippen molar-refractivity contribution in [3.8, 4) is 0 Å². The van der Waals surface area contributed by atoms with Crippen LogP contribution in [0.3, 0.4) is 0 Å². The van der Waals surface area contributed by atoms with E-state index in [-0.39, 0.29) is 0 Å². The van der Waals surface area contributed by atoms with E-state index >= 15 is 0 Å². The van der Waals surface area contributed by atoms with E-state index in [0.717, 1.165) is 31.3 Å². The van der Waals surface area contributed by atoms with Crippen LogP contribution in [-0.4, -0.2) is 27.9 Å². The summed E-state index contributed by atoms with van der Waals surface area (Å²) in [7, 11) is 1.94. The molecule has 1 aliphatic heterocycles. The Morgan fingerprint density at radius 1 is 1.43 bits per heavy atom. The second-order valence-electron chi connectivity index (χ2n) is 3.64. The molecule has 0 atom stereocenters. The first-order valence-corrected chi connectivity index (χ1v) is 5.07. The van der Waals surface area contributed by atoms with Crippen LogP contribution in [0.5, 0.6) is 0 Å². The fraction of sp³-hybridized carbons (Fsp3) is 0.600. The Hall–Kier alpha value is -1.32. The summed E-state index contributed by atoms with van der Waals surface area (Å²) in [6.45, 7) is 5.90. The number of rotatable bonds is 3. The lowest BCUT2D eigenvalue weighted by Crippen LogP contribution is -2.19. The predicted molar refractivity (Wildman–Crippen MR) is 56.4 cm³/mol. The number of anilines is 1. The van der Waals surface area contributed by atoms with Gasteiger partial charge in [0.05, 0.1) is 0 Å². The fourth-order valence-electron chi connectivity index (χ4n) is 1.76. The average Bonchev–Trinajstić information content (AvgIpc) is 2.76. The second kappa shape index (κ2) is 3.82. The molecule has 0 aromatic carbocycles. The highest BCUT2D eigenvalue weighted by atomic mass is 15.4. The standard InChI is InChI=1S/C10H16N4/c1-3-6-9-11-10(12-13(9)2)14-7-4-5-8-14/h3H,1,4-8H2,2H3. The maximum absolute atomic E-state index is 4.49. The van der Waals surface area contributed by atoms with Gasteiger partial charge in [0.2, 0.25) is 5.95 Å². The van der Waals surface area contributed by atoms with E-state index < -0.39 is 0 Å². The molecule has 0 aliphatic carbocycles. The fourth-order valence-corrected chi connectivity index (χ4v) is 1.76. The Balaban J connectivity index is 2.17. The molecule has 0 unspecified atom stereocenters. The summed E-state index contributed by atoms with van der Waals surface area (Å²) >= 11 is 0. The molecule has 14 heavy (non-hydrogen) atoms. The summed E-state index contributed by atoms with van der Waals surface area (Å²) in [4.78, 5) is 6.73. The van der Waals surface area contributed by atoms with Gasteiger partial charge < -0.3 is 4.90 Å². The van der Waals surface area contributed by atoms with Crippen LogP contribution < -0.4 is 4.90 Å². The van der Waals surface area contributed by atoms with Crippen LogP contribution in [-0.2, 0) is 13.5 Å². The van der Waals surface area contributed by atoms with E-state index in [0.29, 0.717) is 0 Å². The molecular formula is C10H16N4. The Morgan fingerprint density at radius 3 is 2.79 bits per heavy atom. The molecule has 1 aromatic rings. The van der Waals surface area contributed by atoms with E-state index in [4.69, 9.17) is 0 Å². The van der Waals surface area contributed by atoms with Crippen molar-refractivity contribution in [1.29, 1.82) is 0 Å². The maximum atomic E-state index is 4.49. The first-order valence-electron chi connectivity index (χ1n) is 5.07. The Labute approximate surface area is 84.2 Å². The molecule has 1 saturated heterocycles. The molecule has 0 saturated carbocycles. The minimum absolute atomic E-state index is 0.789. The molecule has 0 radical (unpaired) electrons. The van der Waals surface area contributed by atoms with Gasteiger partial charge in [0.25, 0.3) is 0 Å². The molecule has 0 spiro atoms. The summed E-state index contributed by atoms with van der Waals surface area (Å²) in [5.41, 5.74) is 0. The molecule has 1 aliphatic rings. The zero-order valence-electron chi connectivity index (χ0n) is 8.61. The first-order chi connectivity index (χ1) is 6.81. The molecular weight excluding hydrogens is 176 g/mol. The molecule has 4 heteroatoms. The summed E-state index contributed by atoms with van der Waals surface area (Å²) in [5.74, 6) is 1.86. The highest BCUT2D eigenvalue weighted by Crippen LogP contribution is 2.16. The van der Waals surface area contributed by atoms with Gasteiger partial charge in [-0.3, -0.25) is 4.68 Å². The lowest BCUT2D eigenvalue weighted by atomic mass is 10.4. The van der Waals surface area contributed by atoms with Crippen molar-refractivity contribution in [3.63, 3.8) is 0 Å². The molecule has 1 fully saturated rings. The summed E-state index contributed by atoms with van der Waals surface area (Å²) in [6.07, 6.45) is 5.17. The molecule has 4 nitrogen and oxygen atoms in total. The smallest absolute Gasteiger partial charge is 0.244 e. The second-order valence-corrected chi connectivity index (χ2v) is 3.64. The Morgan fingerprint density at radius 2 is 2.14 bits per heavy atom. The number of hydrogen-bond acceptors (Lipinski definition) is 3. The van der Waals surface area contributed by atoms with Crippen molar-refractivity contribution in [2.75, 3.05) is 18.0 Å². The van der Waals surface area contributed by atoms with Gasteiger partial charge in [-0.15, -0.1) is 11.7 Å². The maximum Gasteiger partial charge on any atom is 0.244 e. The van der Waals surface area contributed by atoms with E-state index in [1.54, 1.807) is 0 Å². The van der Waals surface area contributed by atoms with E-state index in [9.17, 15) is 0 Å². The summed E-state index contributed by atoms with van der Waals surface area (Å²) in [5, 5.41) is 4.39. The number of aromatic nitrogens is 3. The van der Waals surface area contributed by atoms with Gasteiger partial charge in [-0.05, 0) is 12.8 Å². The molecule has 0 bridgehead atoms. The monoisotopic (exact) mass is 192 g/mol. The van der Waals surface area contributed by atoms with Crippen molar-refractivity contribution in [2.45, 2.75) is 19.3 Å². The minimum Gasteiger partial charge on any atom is -0.340 e. The lowest BCUT2D eigenvalue weighted by Gasteiger charge is -2.10. The van der Waals surface area contributed by atoms with Gasteiger partial charge in [0.15, 0.2) is 0 Å². The summed E-state index contributed by atoms with van der Waals surface area (Å²) < 4.78 is 1.84. The van der Waals surface area contributed by atoms with Crippen LogP contribution in [0.15, 0.2) is 12.7 Å². The van der Waals surface area contributed by atoms with Crippen LogP contribution in [0.4, 0.5) is 5.95 Å². The third-order valence-electron chi connectivity index (χ3n) is 2.56. The van der Waals surface area contributed by atoms with Crippen molar-refractivity contribution < 1.29 is 0 Å². The lowest BCUT2D eigenvalue weighted by molar-refractivity contribution is 0.716. The normalized spacial score (nSPS) is 16.2. The average molecular weight is 192 g/mol. The van der Waals surface area contributed by atoms with Gasteiger partial charge in [-0.1, -0.05) is 6.08 Å². The van der Waals surface area contributed by atoms with Gasteiger partial charge in [0, 0.05) is 26.6 Å². The Bertz CT molecular complexity index is 323. The number of aryl methyl sites for hydroxylation is 1. The van der Waals surface area contributed by atoms with Crippen LogP contribution >= 0.6 is 0 Å². The first kappa shape index (κ1) is 9.24. The zero-order valence-corrected chi connectivity index (χ0v) is 8.61. The predicted octanol–water partition coefficient (Wildman–Crippen LogP) is 1.14. The van der Waals surface area contributed by atoms with E-state index in [1.807, 2.05) is 17.8 Å². The van der Waals surface area contributed by atoms with Crippen molar-refractivity contribution in [2.24, 2.45) is 7.05 Å². The van der Waals surface area contributed by atoms with Crippen molar-refractivity contribution in [3.05, 3.63) is 18.5 Å². The number of allylic oxidation sites excluding steroid dienone is 1. The molecule has 0 N–H and O–H groups in total. The van der Waals surface area contributed by atoms with Crippen LogP contribution in [0.2, 0.25) is 0 Å². The van der Waals surface area contributed by atoms with Crippen LogP contribution in [0, 0.1) is 0 Å². The number of nitrogens with zero attached hydrogens (tertiary/aromatic N) is 4. The van der Waals surface area contributed by atoms with E-state index in [1.165, 1.54) is 12.8 Å².